The number of nitrogens with one attached hydrogen (secondary N) is 1. The highest BCUT2D eigenvalue weighted by Gasteiger charge is 2.31. The summed E-state index contributed by atoms with van der Waals surface area (Å²) in [6.07, 6.45) is 2.37. The topological polar surface area (TPSA) is 103 Å². The summed E-state index contributed by atoms with van der Waals surface area (Å²) in [5, 5.41) is 20.6. The van der Waals surface area contributed by atoms with E-state index in [1.165, 1.54) is 0 Å². The van der Waals surface area contributed by atoms with Gasteiger partial charge in [-0.2, -0.15) is 0 Å². The number of hydrogen-bond acceptors (Lipinski definition) is 4. The van der Waals surface area contributed by atoms with E-state index >= 15 is 0 Å². The third-order valence-electron chi connectivity index (χ3n) is 2.44. The average molecular weight is 230 g/mol. The molecule has 0 saturated carbocycles. The van der Waals surface area contributed by atoms with Crippen molar-refractivity contribution >= 4 is 11.8 Å². The molecule has 0 aromatic rings. The summed E-state index contributed by atoms with van der Waals surface area (Å²) in [6, 6.07) is 0.169. The average Bonchev–Trinajstić information content (AvgIpc) is 2.51. The molecular formula is C10H18N2O4. The molecule has 0 bridgehead atoms. The van der Waals surface area contributed by atoms with E-state index in [-0.39, 0.29) is 24.5 Å². The molecule has 0 fully saturated rings. The van der Waals surface area contributed by atoms with Gasteiger partial charge in [0.1, 0.15) is 25.6 Å². The van der Waals surface area contributed by atoms with Crippen molar-refractivity contribution in [1.29, 1.82) is 0 Å². The van der Waals surface area contributed by atoms with Crippen LogP contribution in [-0.2, 0) is 4.79 Å². The Morgan fingerprint density at radius 1 is 1.69 bits per heavy atom. The highest BCUT2D eigenvalue weighted by atomic mass is 16.4. The van der Waals surface area contributed by atoms with Crippen molar-refractivity contribution in [3.63, 3.8) is 0 Å². The molecule has 6 heteroatoms. The summed E-state index contributed by atoms with van der Waals surface area (Å²) in [4.78, 5) is 10.6. The van der Waals surface area contributed by atoms with E-state index < -0.39 is 5.97 Å². The molecule has 0 amide bonds. The predicted octanol–water partition coefficient (Wildman–Crippen LogP) is -0.764. The number of nitrogens with zero attached hydrogens (tertiary/aromatic N) is 1. The van der Waals surface area contributed by atoms with Crippen LogP contribution in [0.4, 0.5) is 0 Å². The van der Waals surface area contributed by atoms with Gasteiger partial charge < -0.3 is 15.7 Å². The number of amidine groups is 1. The lowest BCUT2D eigenvalue weighted by atomic mass is 10.2. The molecular weight excluding hydrogens is 212 g/mol. The maximum Gasteiger partial charge on any atom is 0.315 e. The quantitative estimate of drug-likeness (QED) is 0.411. The van der Waals surface area contributed by atoms with Crippen molar-refractivity contribution in [2.24, 2.45) is 0 Å². The molecule has 0 aliphatic carbocycles. The summed E-state index contributed by atoms with van der Waals surface area (Å²) >= 11 is 0. The van der Waals surface area contributed by atoms with E-state index in [9.17, 15) is 4.79 Å². The second kappa shape index (κ2) is 6.97. The van der Waals surface area contributed by atoms with Gasteiger partial charge in [-0.3, -0.25) is 14.7 Å². The van der Waals surface area contributed by atoms with Crippen LogP contribution in [0.2, 0.25) is 0 Å². The molecule has 1 atom stereocenters. The number of aliphatic hydroxyl groups excluding tert-OH is 1. The molecule has 1 aliphatic heterocycles. The van der Waals surface area contributed by atoms with Crippen LogP contribution in [0.3, 0.4) is 0 Å². The SMILES string of the molecule is C=CC[N+]1=C(CC(=O)O)NCC1CCO.[OH-]. The molecule has 1 unspecified atom stereocenters. The van der Waals surface area contributed by atoms with Crippen molar-refractivity contribution in [1.82, 2.24) is 5.32 Å². The first-order valence-electron chi connectivity index (χ1n) is 4.99. The second-order valence-electron chi connectivity index (χ2n) is 3.51. The van der Waals surface area contributed by atoms with Crippen LogP contribution < -0.4 is 5.32 Å². The van der Waals surface area contributed by atoms with Crippen LogP contribution in [0.15, 0.2) is 12.7 Å². The summed E-state index contributed by atoms with van der Waals surface area (Å²) in [5.41, 5.74) is 0. The molecule has 16 heavy (non-hydrogen) atoms. The Bertz CT molecular complexity index is 289. The lowest BCUT2D eigenvalue weighted by molar-refractivity contribution is -0.548. The van der Waals surface area contributed by atoms with Gasteiger partial charge in [-0.15, -0.1) is 0 Å². The largest absolute Gasteiger partial charge is 0.870 e. The van der Waals surface area contributed by atoms with E-state index in [0.717, 1.165) is 0 Å². The van der Waals surface area contributed by atoms with Gasteiger partial charge in [-0.1, -0.05) is 12.7 Å². The Labute approximate surface area is 94.2 Å². The molecule has 0 aromatic heterocycles. The van der Waals surface area contributed by atoms with E-state index in [1.807, 2.05) is 4.58 Å². The lowest BCUT2D eigenvalue weighted by Gasteiger charge is -2.09. The van der Waals surface area contributed by atoms with Gasteiger partial charge in [0, 0.05) is 13.0 Å². The van der Waals surface area contributed by atoms with Crippen molar-refractivity contribution in [2.75, 3.05) is 19.7 Å². The van der Waals surface area contributed by atoms with E-state index in [4.69, 9.17) is 10.2 Å². The first-order chi connectivity index (χ1) is 7.19. The molecule has 0 saturated heterocycles. The Hall–Kier alpha value is -1.40. The minimum Gasteiger partial charge on any atom is -0.870 e. The second-order valence-corrected chi connectivity index (χ2v) is 3.51. The maximum absolute atomic E-state index is 10.6. The summed E-state index contributed by atoms with van der Waals surface area (Å²) in [5.74, 6) is -0.142. The maximum atomic E-state index is 10.6. The fourth-order valence-electron chi connectivity index (χ4n) is 1.78. The number of carboxylic acid groups (broad SMARTS) is 1. The molecule has 0 spiro atoms. The Morgan fingerprint density at radius 2 is 2.38 bits per heavy atom. The van der Waals surface area contributed by atoms with Gasteiger partial charge in [-0.25, -0.2) is 0 Å². The third-order valence-corrected chi connectivity index (χ3v) is 2.44. The summed E-state index contributed by atoms with van der Waals surface area (Å²) < 4.78 is 1.96. The normalized spacial score (nSPS) is 18.9. The number of rotatable bonds is 6. The zero-order chi connectivity index (χ0) is 11.3. The highest BCUT2D eigenvalue weighted by molar-refractivity contribution is 5.94. The molecule has 4 N–H and O–H groups in total. The minimum atomic E-state index is -0.851. The predicted molar refractivity (Wildman–Crippen MR) is 58.0 cm³/mol. The molecule has 92 valence electrons. The lowest BCUT2D eigenvalue weighted by Crippen LogP contribution is -2.28. The smallest absolute Gasteiger partial charge is 0.315 e. The van der Waals surface area contributed by atoms with Crippen LogP contribution in [0.1, 0.15) is 12.8 Å². The van der Waals surface area contributed by atoms with Gasteiger partial charge >= 0.3 is 5.97 Å². The van der Waals surface area contributed by atoms with Crippen molar-refractivity contribution in [3.8, 4) is 0 Å². The molecule has 0 radical (unpaired) electrons. The van der Waals surface area contributed by atoms with Gasteiger partial charge in [0.05, 0.1) is 0 Å². The Balaban J connectivity index is 0.00000225. The number of aliphatic carboxylic acids is 1. The molecule has 6 nitrogen and oxygen atoms in total. The zero-order valence-electron chi connectivity index (χ0n) is 9.09. The molecule has 1 aliphatic rings. The van der Waals surface area contributed by atoms with Gasteiger partial charge in [-0.05, 0) is 0 Å². The van der Waals surface area contributed by atoms with E-state index in [0.29, 0.717) is 25.3 Å². The third kappa shape index (κ3) is 3.63. The zero-order valence-corrected chi connectivity index (χ0v) is 9.09. The minimum absolute atomic E-state index is 0. The molecule has 1 heterocycles. The fourth-order valence-corrected chi connectivity index (χ4v) is 1.78. The van der Waals surface area contributed by atoms with Crippen LogP contribution in [0, 0.1) is 0 Å². The van der Waals surface area contributed by atoms with Crippen LogP contribution in [0.25, 0.3) is 0 Å². The number of hydrogen-bond donors (Lipinski definition) is 3. The van der Waals surface area contributed by atoms with Crippen LogP contribution in [-0.4, -0.2) is 57.8 Å². The molecule has 0 aromatic carbocycles. The summed E-state index contributed by atoms with van der Waals surface area (Å²) in [7, 11) is 0. The van der Waals surface area contributed by atoms with Gasteiger partial charge in [0.2, 0.25) is 0 Å². The highest BCUT2D eigenvalue weighted by Crippen LogP contribution is 2.05. The first-order valence-corrected chi connectivity index (χ1v) is 4.99. The van der Waals surface area contributed by atoms with Crippen molar-refractivity contribution in [2.45, 2.75) is 18.9 Å². The van der Waals surface area contributed by atoms with Gasteiger partial charge in [0.15, 0.2) is 0 Å². The summed E-state index contributed by atoms with van der Waals surface area (Å²) in [6.45, 7) is 5.05. The van der Waals surface area contributed by atoms with E-state index in [2.05, 4.69) is 11.9 Å². The van der Waals surface area contributed by atoms with Crippen LogP contribution in [0.5, 0.6) is 0 Å². The van der Waals surface area contributed by atoms with E-state index in [1.54, 1.807) is 6.08 Å². The van der Waals surface area contributed by atoms with Crippen LogP contribution >= 0.6 is 0 Å². The Kier molecular flexibility index (Phi) is 6.36. The Morgan fingerprint density at radius 3 is 2.88 bits per heavy atom. The number of aliphatic hydroxyl groups is 1. The van der Waals surface area contributed by atoms with Crippen molar-refractivity contribution in [3.05, 3.63) is 12.7 Å². The standard InChI is InChI=1S/C10H16N2O3.H2O/c1-2-4-12-8(3-5-13)7-11-9(12)6-10(14)15;/h2,8,13H,1,3-7H2,(H,14,15);1H2. The monoisotopic (exact) mass is 230 g/mol. The van der Waals surface area contributed by atoms with Crippen molar-refractivity contribution < 1.29 is 25.1 Å². The van der Waals surface area contributed by atoms with Gasteiger partial charge in [0.25, 0.3) is 5.84 Å². The molecule has 1 rings (SSSR count). The number of carboxylic acids is 1. The fraction of sp³-hybridized carbons (Fsp3) is 0.600. The first kappa shape index (κ1) is 14.6. The number of carbonyl (C=O) groups is 1.